The maximum absolute atomic E-state index is 11.0. The number of benzene rings is 1. The minimum absolute atomic E-state index is 0.365. The minimum Gasteiger partial charge on any atom is -0.465 e. The summed E-state index contributed by atoms with van der Waals surface area (Å²) in [5.74, 6) is 0.254. The summed E-state index contributed by atoms with van der Waals surface area (Å²) in [5, 5.41) is 0. The van der Waals surface area contributed by atoms with Crippen LogP contribution in [0.15, 0.2) is 42.8 Å². The summed E-state index contributed by atoms with van der Waals surface area (Å²) in [4.78, 5) is 11.0. The van der Waals surface area contributed by atoms with E-state index >= 15 is 0 Å². The van der Waals surface area contributed by atoms with Gasteiger partial charge in [-0.05, 0) is 24.3 Å². The van der Waals surface area contributed by atoms with Crippen LogP contribution in [0.25, 0.3) is 0 Å². The molecule has 0 aromatic heterocycles. The molecule has 0 fully saturated rings. The second-order valence-electron chi connectivity index (χ2n) is 2.46. The van der Waals surface area contributed by atoms with Crippen molar-refractivity contribution >= 4 is 5.97 Å². The fourth-order valence-corrected chi connectivity index (χ4v) is 0.897. The number of hydrogen-bond donors (Lipinski definition) is 0. The van der Waals surface area contributed by atoms with Crippen molar-refractivity contribution in [3.05, 3.63) is 48.4 Å². The predicted molar refractivity (Wildman–Crippen MR) is 52.1 cm³/mol. The Morgan fingerprint density at radius 2 is 2.07 bits per heavy atom. The molecule has 1 aromatic carbocycles. The average Bonchev–Trinajstić information content (AvgIpc) is 2.26. The van der Waals surface area contributed by atoms with E-state index in [1.807, 2.05) is 0 Å². The standard InChI is InChI=1S/C11H10O3/c1-3-8-14-10-6-4-9(5-7-10)11(12)13-2/h4-8H,1H2,2H3. The number of rotatable bonds is 3. The van der Waals surface area contributed by atoms with Crippen LogP contribution in [0.4, 0.5) is 0 Å². The van der Waals surface area contributed by atoms with Crippen molar-refractivity contribution in [2.75, 3.05) is 7.11 Å². The van der Waals surface area contributed by atoms with Gasteiger partial charge in [-0.2, -0.15) is 0 Å². The van der Waals surface area contributed by atoms with Crippen LogP contribution in [-0.2, 0) is 4.74 Å². The van der Waals surface area contributed by atoms with Crippen LogP contribution in [-0.4, -0.2) is 13.1 Å². The van der Waals surface area contributed by atoms with E-state index in [1.165, 1.54) is 13.4 Å². The number of methoxy groups -OCH3 is 1. The zero-order valence-electron chi connectivity index (χ0n) is 7.82. The number of ether oxygens (including phenoxy) is 2. The van der Waals surface area contributed by atoms with Gasteiger partial charge in [0, 0.05) is 0 Å². The molecule has 0 spiro atoms. The molecule has 14 heavy (non-hydrogen) atoms. The highest BCUT2D eigenvalue weighted by molar-refractivity contribution is 5.89. The van der Waals surface area contributed by atoms with Crippen molar-refractivity contribution in [2.45, 2.75) is 0 Å². The van der Waals surface area contributed by atoms with Crippen LogP contribution in [0.5, 0.6) is 5.75 Å². The number of carbonyl (C=O) groups excluding carboxylic acids is 1. The van der Waals surface area contributed by atoms with E-state index in [2.05, 4.69) is 17.0 Å². The van der Waals surface area contributed by atoms with Crippen molar-refractivity contribution in [1.29, 1.82) is 0 Å². The molecule has 0 heterocycles. The van der Waals surface area contributed by atoms with Crippen molar-refractivity contribution in [1.82, 2.24) is 0 Å². The van der Waals surface area contributed by atoms with E-state index in [0.29, 0.717) is 11.3 Å². The Bertz CT molecular complexity index is 359. The Hall–Kier alpha value is -1.99. The van der Waals surface area contributed by atoms with Gasteiger partial charge in [0.2, 0.25) is 0 Å². The van der Waals surface area contributed by atoms with Crippen molar-refractivity contribution in [2.24, 2.45) is 0 Å². The minimum atomic E-state index is -0.365. The SMILES string of the molecule is C=C=COc1ccc(C(=O)OC)cc1. The van der Waals surface area contributed by atoms with Crippen molar-refractivity contribution in [3.8, 4) is 5.75 Å². The summed E-state index contributed by atoms with van der Waals surface area (Å²) in [6.45, 7) is 3.36. The lowest BCUT2D eigenvalue weighted by Crippen LogP contribution is -2.00. The molecule has 3 nitrogen and oxygen atoms in total. The fourth-order valence-electron chi connectivity index (χ4n) is 0.897. The Morgan fingerprint density at radius 1 is 1.43 bits per heavy atom. The van der Waals surface area contributed by atoms with E-state index in [1.54, 1.807) is 24.3 Å². The summed E-state index contributed by atoms with van der Waals surface area (Å²) in [7, 11) is 1.34. The quantitative estimate of drug-likeness (QED) is 0.416. The van der Waals surface area contributed by atoms with E-state index in [4.69, 9.17) is 4.74 Å². The van der Waals surface area contributed by atoms with E-state index in [-0.39, 0.29) is 5.97 Å². The van der Waals surface area contributed by atoms with Gasteiger partial charge in [-0.3, -0.25) is 0 Å². The van der Waals surface area contributed by atoms with Crippen LogP contribution in [0.3, 0.4) is 0 Å². The van der Waals surface area contributed by atoms with Gasteiger partial charge < -0.3 is 9.47 Å². The van der Waals surface area contributed by atoms with Gasteiger partial charge in [0.15, 0.2) is 0 Å². The Labute approximate surface area is 82.3 Å². The molecule has 1 aromatic rings. The summed E-state index contributed by atoms with van der Waals surface area (Å²) in [6, 6.07) is 6.58. The highest BCUT2D eigenvalue weighted by atomic mass is 16.5. The third-order valence-electron chi connectivity index (χ3n) is 1.55. The van der Waals surface area contributed by atoms with Crippen LogP contribution >= 0.6 is 0 Å². The molecule has 0 atom stereocenters. The maximum Gasteiger partial charge on any atom is 0.337 e. The summed E-state index contributed by atoms with van der Waals surface area (Å²) in [6.07, 6.45) is 1.34. The Morgan fingerprint density at radius 3 is 2.57 bits per heavy atom. The van der Waals surface area contributed by atoms with Gasteiger partial charge in [0.1, 0.15) is 12.0 Å². The van der Waals surface area contributed by atoms with Gasteiger partial charge in [-0.15, -0.1) is 0 Å². The number of hydrogen-bond acceptors (Lipinski definition) is 3. The predicted octanol–water partition coefficient (Wildman–Crippen LogP) is 2.15. The average molecular weight is 190 g/mol. The Balaban J connectivity index is 2.78. The molecule has 0 N–H and O–H groups in total. The molecule has 72 valence electrons. The van der Waals surface area contributed by atoms with Gasteiger partial charge in [0.25, 0.3) is 0 Å². The van der Waals surface area contributed by atoms with Gasteiger partial charge in [0.05, 0.1) is 12.7 Å². The smallest absolute Gasteiger partial charge is 0.337 e. The highest BCUT2D eigenvalue weighted by Crippen LogP contribution is 2.12. The van der Waals surface area contributed by atoms with Crippen LogP contribution < -0.4 is 4.74 Å². The van der Waals surface area contributed by atoms with Gasteiger partial charge in [-0.25, -0.2) is 4.79 Å². The molecule has 3 heteroatoms. The molecule has 0 aliphatic heterocycles. The molecule has 1 rings (SSSR count). The molecule has 0 aliphatic carbocycles. The highest BCUT2D eigenvalue weighted by Gasteiger charge is 2.03. The lowest BCUT2D eigenvalue weighted by molar-refractivity contribution is 0.0600. The molecule has 0 unspecified atom stereocenters. The maximum atomic E-state index is 11.0. The first kappa shape index (κ1) is 10.1. The monoisotopic (exact) mass is 190 g/mol. The molecule has 0 amide bonds. The van der Waals surface area contributed by atoms with Crippen LogP contribution in [0.2, 0.25) is 0 Å². The fraction of sp³-hybridized carbons (Fsp3) is 0.0909. The van der Waals surface area contributed by atoms with Gasteiger partial charge >= 0.3 is 5.97 Å². The zero-order valence-corrected chi connectivity index (χ0v) is 7.82. The first-order valence-corrected chi connectivity index (χ1v) is 3.97. The zero-order chi connectivity index (χ0) is 10.4. The largest absolute Gasteiger partial charge is 0.465 e. The van der Waals surface area contributed by atoms with E-state index < -0.39 is 0 Å². The second kappa shape index (κ2) is 4.90. The van der Waals surface area contributed by atoms with Crippen LogP contribution in [0.1, 0.15) is 10.4 Å². The first-order valence-electron chi connectivity index (χ1n) is 3.97. The van der Waals surface area contributed by atoms with E-state index in [0.717, 1.165) is 0 Å². The summed E-state index contributed by atoms with van der Waals surface area (Å²) < 4.78 is 9.62. The molecule has 0 aliphatic rings. The van der Waals surface area contributed by atoms with E-state index in [9.17, 15) is 4.79 Å². The third-order valence-corrected chi connectivity index (χ3v) is 1.55. The molecule has 0 radical (unpaired) electrons. The number of esters is 1. The molecule has 0 bridgehead atoms. The van der Waals surface area contributed by atoms with Crippen molar-refractivity contribution < 1.29 is 14.3 Å². The van der Waals surface area contributed by atoms with Crippen LogP contribution in [0, 0.1) is 0 Å². The normalized spacial score (nSPS) is 8.64. The second-order valence-corrected chi connectivity index (χ2v) is 2.46. The first-order chi connectivity index (χ1) is 6.77. The lowest BCUT2D eigenvalue weighted by atomic mass is 10.2. The molecule has 0 saturated heterocycles. The van der Waals surface area contributed by atoms with Crippen molar-refractivity contribution in [3.63, 3.8) is 0 Å². The molecule has 0 saturated carbocycles. The Kier molecular flexibility index (Phi) is 3.53. The van der Waals surface area contributed by atoms with Gasteiger partial charge in [-0.1, -0.05) is 12.3 Å². The number of carbonyl (C=O) groups is 1. The molecular weight excluding hydrogens is 180 g/mol. The third kappa shape index (κ3) is 2.51. The lowest BCUT2D eigenvalue weighted by Gasteiger charge is -2.00. The summed E-state index contributed by atoms with van der Waals surface area (Å²) in [5.41, 5.74) is 2.96. The summed E-state index contributed by atoms with van der Waals surface area (Å²) >= 11 is 0. The topological polar surface area (TPSA) is 35.5 Å². The molecular formula is C11H10O3.